The molecule has 0 aromatic carbocycles. The number of allylic oxidation sites excluding steroid dienone is 3. The molecule has 0 heterocycles. The Kier molecular flexibility index (Phi) is 5.61. The molecule has 3 heteroatoms. The molecule has 0 radical (unpaired) electrons. The first kappa shape index (κ1) is 10.6. The summed E-state index contributed by atoms with van der Waals surface area (Å²) >= 11 is 0. The molecule has 0 aromatic heterocycles. The average molecular weight is 166 g/mol. The maximum Gasteiger partial charge on any atom is 0.165 e. The fourth-order valence-corrected chi connectivity index (χ4v) is 0.652. The first-order valence-corrected chi connectivity index (χ1v) is 3.79. The summed E-state index contributed by atoms with van der Waals surface area (Å²) in [5.41, 5.74) is 1.41. The van der Waals surface area contributed by atoms with E-state index < -0.39 is 0 Å². The van der Waals surface area contributed by atoms with Crippen molar-refractivity contribution in [3.8, 4) is 0 Å². The molecule has 0 aliphatic heterocycles. The van der Waals surface area contributed by atoms with Crippen molar-refractivity contribution >= 4 is 12.5 Å². The van der Waals surface area contributed by atoms with E-state index in [0.29, 0.717) is 12.2 Å². The SMILES string of the molecule is C/C=C(\C=N)CN/C(C=O)=C/C. The molecule has 0 unspecified atom stereocenters. The van der Waals surface area contributed by atoms with E-state index in [9.17, 15) is 4.79 Å². The Morgan fingerprint density at radius 2 is 2.08 bits per heavy atom. The van der Waals surface area contributed by atoms with E-state index >= 15 is 0 Å². The Morgan fingerprint density at radius 3 is 2.42 bits per heavy atom. The van der Waals surface area contributed by atoms with Gasteiger partial charge >= 0.3 is 0 Å². The van der Waals surface area contributed by atoms with Gasteiger partial charge < -0.3 is 10.7 Å². The summed E-state index contributed by atoms with van der Waals surface area (Å²) in [6.07, 6.45) is 5.56. The number of carbonyl (C=O) groups excluding carboxylic acids is 1. The number of rotatable bonds is 5. The van der Waals surface area contributed by atoms with Gasteiger partial charge in [-0.05, 0) is 19.4 Å². The summed E-state index contributed by atoms with van der Waals surface area (Å²) in [4.78, 5) is 10.3. The Hall–Kier alpha value is -1.38. The molecular formula is C9H14N2O. The highest BCUT2D eigenvalue weighted by Gasteiger charge is 1.93. The molecular weight excluding hydrogens is 152 g/mol. The van der Waals surface area contributed by atoms with Gasteiger partial charge in [-0.15, -0.1) is 0 Å². The highest BCUT2D eigenvalue weighted by molar-refractivity contribution is 5.77. The normalized spacial score (nSPS) is 12.5. The predicted octanol–water partition coefficient (Wildman–Crippen LogP) is 1.27. The molecule has 0 bridgehead atoms. The topological polar surface area (TPSA) is 53.0 Å². The monoisotopic (exact) mass is 166 g/mol. The second-order valence-corrected chi connectivity index (χ2v) is 2.22. The van der Waals surface area contributed by atoms with Crippen LogP contribution in [0.2, 0.25) is 0 Å². The lowest BCUT2D eigenvalue weighted by Gasteiger charge is -2.03. The Labute approximate surface area is 72.7 Å². The minimum atomic E-state index is 0.526. The zero-order valence-electron chi connectivity index (χ0n) is 7.42. The Morgan fingerprint density at radius 1 is 1.42 bits per heavy atom. The van der Waals surface area contributed by atoms with Crippen LogP contribution in [0.15, 0.2) is 23.4 Å². The van der Waals surface area contributed by atoms with Crippen molar-refractivity contribution in [2.45, 2.75) is 13.8 Å². The van der Waals surface area contributed by atoms with Gasteiger partial charge in [-0.1, -0.05) is 12.2 Å². The van der Waals surface area contributed by atoms with Crippen molar-refractivity contribution < 1.29 is 4.79 Å². The molecule has 0 spiro atoms. The molecule has 12 heavy (non-hydrogen) atoms. The van der Waals surface area contributed by atoms with Crippen molar-refractivity contribution in [1.29, 1.82) is 5.41 Å². The molecule has 0 saturated heterocycles. The standard InChI is InChI=1S/C9H14N2O/c1-3-8(5-10)6-11-9(4-2)7-12/h3-5,7,10-11H,6H2,1-2H3/b8-3+,9-4+,10-5?. The lowest BCUT2D eigenvalue weighted by molar-refractivity contribution is -0.105. The van der Waals surface area contributed by atoms with Crippen LogP contribution in [0.4, 0.5) is 0 Å². The molecule has 0 aromatic rings. The molecule has 0 rings (SSSR count). The van der Waals surface area contributed by atoms with Crippen LogP contribution in [0.1, 0.15) is 13.8 Å². The minimum absolute atomic E-state index is 0.526. The summed E-state index contributed by atoms with van der Waals surface area (Å²) in [6, 6.07) is 0. The molecule has 0 aliphatic carbocycles. The number of nitrogens with one attached hydrogen (secondary N) is 2. The van der Waals surface area contributed by atoms with Gasteiger partial charge in [-0.2, -0.15) is 0 Å². The van der Waals surface area contributed by atoms with Crippen molar-refractivity contribution in [3.05, 3.63) is 23.4 Å². The van der Waals surface area contributed by atoms with Gasteiger partial charge in [0.05, 0.1) is 5.70 Å². The van der Waals surface area contributed by atoms with Crippen molar-refractivity contribution in [2.24, 2.45) is 0 Å². The number of carbonyl (C=O) groups is 1. The summed E-state index contributed by atoms with van der Waals surface area (Å²) in [5.74, 6) is 0. The van der Waals surface area contributed by atoms with Crippen LogP contribution >= 0.6 is 0 Å². The summed E-state index contributed by atoms with van der Waals surface area (Å²) in [5, 5.41) is 9.87. The van der Waals surface area contributed by atoms with Gasteiger partial charge in [0.15, 0.2) is 6.29 Å². The number of aldehydes is 1. The lowest BCUT2D eigenvalue weighted by atomic mass is 10.2. The van der Waals surface area contributed by atoms with E-state index in [2.05, 4.69) is 5.32 Å². The average Bonchev–Trinajstić information content (AvgIpc) is 2.13. The van der Waals surface area contributed by atoms with Crippen LogP contribution in [0.3, 0.4) is 0 Å². The number of hydrogen-bond donors (Lipinski definition) is 2. The second kappa shape index (κ2) is 6.34. The van der Waals surface area contributed by atoms with Crippen LogP contribution < -0.4 is 5.32 Å². The predicted molar refractivity (Wildman–Crippen MR) is 50.4 cm³/mol. The second-order valence-electron chi connectivity index (χ2n) is 2.22. The molecule has 0 atom stereocenters. The van der Waals surface area contributed by atoms with Crippen molar-refractivity contribution in [1.82, 2.24) is 5.32 Å². The summed E-state index contributed by atoms with van der Waals surface area (Å²) in [7, 11) is 0. The van der Waals surface area contributed by atoms with Gasteiger partial charge in [-0.25, -0.2) is 0 Å². The van der Waals surface area contributed by atoms with Gasteiger partial charge in [0.1, 0.15) is 0 Å². The summed E-state index contributed by atoms with van der Waals surface area (Å²) < 4.78 is 0. The fraction of sp³-hybridized carbons (Fsp3) is 0.333. The highest BCUT2D eigenvalue weighted by atomic mass is 16.1. The van der Waals surface area contributed by atoms with E-state index in [0.717, 1.165) is 11.9 Å². The Bertz CT molecular complexity index is 193. The van der Waals surface area contributed by atoms with Gasteiger partial charge in [0.2, 0.25) is 0 Å². The third kappa shape index (κ3) is 3.71. The highest BCUT2D eigenvalue weighted by Crippen LogP contribution is 1.89. The maximum atomic E-state index is 10.3. The molecule has 66 valence electrons. The van der Waals surface area contributed by atoms with E-state index in [-0.39, 0.29) is 0 Å². The lowest BCUT2D eigenvalue weighted by Crippen LogP contribution is -2.17. The molecule has 3 nitrogen and oxygen atoms in total. The fourth-order valence-electron chi connectivity index (χ4n) is 0.652. The smallest absolute Gasteiger partial charge is 0.165 e. The third-order valence-corrected chi connectivity index (χ3v) is 1.49. The number of hydrogen-bond acceptors (Lipinski definition) is 3. The Balaban J connectivity index is 3.97. The molecule has 0 saturated carbocycles. The van der Waals surface area contributed by atoms with E-state index in [1.54, 1.807) is 13.0 Å². The van der Waals surface area contributed by atoms with Gasteiger partial charge in [0, 0.05) is 12.8 Å². The first-order chi connectivity index (χ1) is 5.78. The van der Waals surface area contributed by atoms with Crippen LogP contribution in [0.5, 0.6) is 0 Å². The van der Waals surface area contributed by atoms with Crippen molar-refractivity contribution in [3.63, 3.8) is 0 Å². The van der Waals surface area contributed by atoms with E-state index in [1.807, 2.05) is 13.0 Å². The van der Waals surface area contributed by atoms with Crippen LogP contribution in [-0.2, 0) is 4.79 Å². The van der Waals surface area contributed by atoms with E-state index in [4.69, 9.17) is 5.41 Å². The zero-order valence-corrected chi connectivity index (χ0v) is 7.42. The van der Waals surface area contributed by atoms with Crippen LogP contribution in [-0.4, -0.2) is 19.0 Å². The quantitative estimate of drug-likeness (QED) is 0.367. The van der Waals surface area contributed by atoms with Gasteiger partial charge in [0.25, 0.3) is 0 Å². The van der Waals surface area contributed by atoms with Gasteiger partial charge in [-0.3, -0.25) is 4.79 Å². The molecule has 0 fully saturated rings. The third-order valence-electron chi connectivity index (χ3n) is 1.49. The molecule has 0 amide bonds. The summed E-state index contributed by atoms with van der Waals surface area (Å²) in [6.45, 7) is 4.17. The maximum absolute atomic E-state index is 10.3. The zero-order chi connectivity index (χ0) is 9.40. The van der Waals surface area contributed by atoms with Crippen LogP contribution in [0, 0.1) is 5.41 Å². The minimum Gasteiger partial charge on any atom is -0.379 e. The largest absolute Gasteiger partial charge is 0.379 e. The molecule has 2 N–H and O–H groups in total. The van der Waals surface area contributed by atoms with Crippen LogP contribution in [0.25, 0.3) is 0 Å². The molecule has 0 aliphatic rings. The first-order valence-electron chi connectivity index (χ1n) is 3.79. The van der Waals surface area contributed by atoms with Crippen molar-refractivity contribution in [2.75, 3.05) is 6.54 Å². The van der Waals surface area contributed by atoms with E-state index in [1.165, 1.54) is 6.21 Å².